The van der Waals surface area contributed by atoms with E-state index in [0.717, 1.165) is 43.8 Å². The number of hydrogen-bond acceptors (Lipinski definition) is 3. The zero-order chi connectivity index (χ0) is 13.1. The molecule has 0 atom stereocenters. The van der Waals surface area contributed by atoms with Gasteiger partial charge in [0.1, 0.15) is 0 Å². The van der Waals surface area contributed by atoms with Gasteiger partial charge in [-0.1, -0.05) is 11.6 Å². The van der Waals surface area contributed by atoms with Crippen molar-refractivity contribution in [3.05, 3.63) is 29.3 Å². The summed E-state index contributed by atoms with van der Waals surface area (Å²) in [5.74, 6) is 0. The van der Waals surface area contributed by atoms with E-state index >= 15 is 0 Å². The molecule has 0 bridgehead atoms. The molecule has 0 amide bonds. The number of benzene rings is 1. The summed E-state index contributed by atoms with van der Waals surface area (Å²) >= 11 is 5.93. The van der Waals surface area contributed by atoms with E-state index in [2.05, 4.69) is 27.2 Å². The third kappa shape index (κ3) is 3.85. The van der Waals surface area contributed by atoms with Crippen LogP contribution in [0, 0.1) is 0 Å². The molecular formula is C15H22ClN3. The van der Waals surface area contributed by atoms with Crippen LogP contribution in [0.4, 0.5) is 5.69 Å². The molecule has 1 heterocycles. The first kappa shape index (κ1) is 13.2. The van der Waals surface area contributed by atoms with E-state index in [9.17, 15) is 0 Å². The third-order valence-electron chi connectivity index (χ3n) is 4.00. The predicted octanol–water partition coefficient (Wildman–Crippen LogP) is 2.21. The Labute approximate surface area is 120 Å². The van der Waals surface area contributed by atoms with Gasteiger partial charge >= 0.3 is 0 Å². The lowest BCUT2D eigenvalue weighted by Gasteiger charge is -2.36. The number of nitrogens with zero attached hydrogens (tertiary/aromatic N) is 2. The van der Waals surface area contributed by atoms with Gasteiger partial charge in [0.2, 0.25) is 0 Å². The average molecular weight is 280 g/mol. The SMILES string of the molecule is Clc1ccc(N2CCN(CCNC3CC3)CC2)cc1. The summed E-state index contributed by atoms with van der Waals surface area (Å²) in [4.78, 5) is 5.00. The van der Waals surface area contributed by atoms with Crippen molar-refractivity contribution in [3.8, 4) is 0 Å². The second kappa shape index (κ2) is 6.12. The van der Waals surface area contributed by atoms with E-state index in [0.29, 0.717) is 0 Å². The number of hydrogen-bond donors (Lipinski definition) is 1. The zero-order valence-corrected chi connectivity index (χ0v) is 12.1. The number of rotatable bonds is 5. The zero-order valence-electron chi connectivity index (χ0n) is 11.3. The van der Waals surface area contributed by atoms with Crippen LogP contribution in [0.2, 0.25) is 5.02 Å². The van der Waals surface area contributed by atoms with Crippen LogP contribution in [-0.2, 0) is 0 Å². The van der Waals surface area contributed by atoms with Crippen LogP contribution < -0.4 is 10.2 Å². The van der Waals surface area contributed by atoms with Crippen LogP contribution in [0.5, 0.6) is 0 Å². The summed E-state index contributed by atoms with van der Waals surface area (Å²) in [7, 11) is 0. The van der Waals surface area contributed by atoms with E-state index in [1.165, 1.54) is 25.1 Å². The molecule has 2 fully saturated rings. The molecule has 0 radical (unpaired) electrons. The fourth-order valence-corrected chi connectivity index (χ4v) is 2.72. The molecule has 3 rings (SSSR count). The van der Waals surface area contributed by atoms with E-state index in [1.54, 1.807) is 0 Å². The smallest absolute Gasteiger partial charge is 0.0407 e. The van der Waals surface area contributed by atoms with Crippen molar-refractivity contribution in [2.24, 2.45) is 0 Å². The van der Waals surface area contributed by atoms with Gasteiger partial charge in [0.15, 0.2) is 0 Å². The monoisotopic (exact) mass is 279 g/mol. The van der Waals surface area contributed by atoms with Crippen molar-refractivity contribution >= 4 is 17.3 Å². The molecule has 104 valence electrons. The molecule has 0 spiro atoms. The van der Waals surface area contributed by atoms with Crippen molar-refractivity contribution in [1.82, 2.24) is 10.2 Å². The van der Waals surface area contributed by atoms with Gasteiger partial charge in [-0.2, -0.15) is 0 Å². The molecule has 4 heteroatoms. The first-order valence-corrected chi connectivity index (χ1v) is 7.65. The fraction of sp³-hybridized carbons (Fsp3) is 0.600. The molecule has 19 heavy (non-hydrogen) atoms. The summed E-state index contributed by atoms with van der Waals surface area (Å²) < 4.78 is 0. The first-order valence-electron chi connectivity index (χ1n) is 7.27. The van der Waals surface area contributed by atoms with Crippen LogP contribution in [0.3, 0.4) is 0 Å². The maximum atomic E-state index is 5.93. The van der Waals surface area contributed by atoms with Crippen LogP contribution >= 0.6 is 11.6 Å². The second-order valence-electron chi connectivity index (χ2n) is 5.53. The number of piperazine rings is 1. The highest BCUT2D eigenvalue weighted by atomic mass is 35.5. The molecule has 1 N–H and O–H groups in total. The summed E-state index contributed by atoms with van der Waals surface area (Å²) in [6.45, 7) is 6.89. The van der Waals surface area contributed by atoms with Crippen LogP contribution in [0.1, 0.15) is 12.8 Å². The summed E-state index contributed by atoms with van der Waals surface area (Å²) in [5.41, 5.74) is 1.29. The number of nitrogens with one attached hydrogen (secondary N) is 1. The molecule has 1 saturated carbocycles. The van der Waals surface area contributed by atoms with Gasteiger partial charge in [-0.25, -0.2) is 0 Å². The Balaban J connectivity index is 1.42. The lowest BCUT2D eigenvalue weighted by Crippen LogP contribution is -2.48. The molecule has 0 aromatic heterocycles. The summed E-state index contributed by atoms with van der Waals surface area (Å²) in [6, 6.07) is 9.01. The Morgan fingerprint density at radius 2 is 1.74 bits per heavy atom. The molecule has 3 nitrogen and oxygen atoms in total. The highest BCUT2D eigenvalue weighted by Gasteiger charge is 2.21. The average Bonchev–Trinajstić information content (AvgIpc) is 3.25. The van der Waals surface area contributed by atoms with Gasteiger partial charge in [0.25, 0.3) is 0 Å². The minimum absolute atomic E-state index is 0.813. The summed E-state index contributed by atoms with van der Waals surface area (Å²) in [6.07, 6.45) is 2.76. The Bertz CT molecular complexity index is 394. The Hall–Kier alpha value is -0.770. The molecule has 1 aromatic carbocycles. The van der Waals surface area contributed by atoms with Crippen LogP contribution in [-0.4, -0.2) is 50.2 Å². The van der Waals surface area contributed by atoms with Gasteiger partial charge in [-0.15, -0.1) is 0 Å². The van der Waals surface area contributed by atoms with Crippen LogP contribution in [0.25, 0.3) is 0 Å². The van der Waals surface area contributed by atoms with Gasteiger partial charge in [0.05, 0.1) is 0 Å². The molecule has 0 unspecified atom stereocenters. The molecular weight excluding hydrogens is 258 g/mol. The molecule has 1 saturated heterocycles. The van der Waals surface area contributed by atoms with Gasteiger partial charge in [0, 0.05) is 56.0 Å². The lowest BCUT2D eigenvalue weighted by molar-refractivity contribution is 0.257. The van der Waals surface area contributed by atoms with Crippen molar-refractivity contribution in [3.63, 3.8) is 0 Å². The van der Waals surface area contributed by atoms with Crippen molar-refractivity contribution in [1.29, 1.82) is 0 Å². The van der Waals surface area contributed by atoms with Crippen molar-refractivity contribution < 1.29 is 0 Å². The Morgan fingerprint density at radius 1 is 1.05 bits per heavy atom. The predicted molar refractivity (Wildman–Crippen MR) is 81.1 cm³/mol. The largest absolute Gasteiger partial charge is 0.369 e. The van der Waals surface area contributed by atoms with E-state index in [-0.39, 0.29) is 0 Å². The van der Waals surface area contributed by atoms with Gasteiger partial charge in [-0.3, -0.25) is 4.90 Å². The van der Waals surface area contributed by atoms with Gasteiger partial charge in [-0.05, 0) is 37.1 Å². The number of anilines is 1. The molecule has 1 aliphatic heterocycles. The van der Waals surface area contributed by atoms with Crippen LogP contribution in [0.15, 0.2) is 24.3 Å². The van der Waals surface area contributed by atoms with E-state index < -0.39 is 0 Å². The minimum Gasteiger partial charge on any atom is -0.369 e. The Kier molecular flexibility index (Phi) is 4.26. The van der Waals surface area contributed by atoms with Gasteiger partial charge < -0.3 is 10.2 Å². The molecule has 1 aromatic rings. The minimum atomic E-state index is 0.813. The van der Waals surface area contributed by atoms with E-state index in [4.69, 9.17) is 11.6 Å². The van der Waals surface area contributed by atoms with Crippen molar-refractivity contribution in [2.45, 2.75) is 18.9 Å². The third-order valence-corrected chi connectivity index (χ3v) is 4.25. The quantitative estimate of drug-likeness (QED) is 0.892. The second-order valence-corrected chi connectivity index (χ2v) is 5.97. The standard InChI is InChI=1S/C15H22ClN3/c16-13-1-5-15(6-2-13)19-11-9-18(10-12-19)8-7-17-14-3-4-14/h1-2,5-6,14,17H,3-4,7-12H2. The maximum absolute atomic E-state index is 5.93. The topological polar surface area (TPSA) is 18.5 Å². The Morgan fingerprint density at radius 3 is 2.37 bits per heavy atom. The maximum Gasteiger partial charge on any atom is 0.0407 e. The van der Waals surface area contributed by atoms with Crippen molar-refractivity contribution in [2.75, 3.05) is 44.2 Å². The highest BCUT2D eigenvalue weighted by Crippen LogP contribution is 2.20. The van der Waals surface area contributed by atoms with E-state index in [1.807, 2.05) is 12.1 Å². The molecule has 2 aliphatic rings. The summed E-state index contributed by atoms with van der Waals surface area (Å²) in [5, 5.41) is 4.40. The fourth-order valence-electron chi connectivity index (χ4n) is 2.60. The molecule has 1 aliphatic carbocycles. The normalized spacial score (nSPS) is 20.8. The highest BCUT2D eigenvalue weighted by molar-refractivity contribution is 6.30. The number of halogens is 1. The first-order chi connectivity index (χ1) is 9.31. The lowest BCUT2D eigenvalue weighted by atomic mass is 10.2.